The normalized spacial score (nSPS) is 12.1. The Morgan fingerprint density at radius 2 is 1.69 bits per heavy atom. The molecule has 1 N–H and O–H groups in total. The second-order valence-corrected chi connectivity index (χ2v) is 7.27. The van der Waals surface area contributed by atoms with Crippen molar-refractivity contribution >= 4 is 15.7 Å². The molecule has 0 unspecified atom stereocenters. The molecule has 5 heteroatoms. The van der Waals surface area contributed by atoms with Crippen molar-refractivity contribution in [3.8, 4) is 0 Å². The van der Waals surface area contributed by atoms with Crippen LogP contribution in [0.15, 0.2) is 0 Å². The summed E-state index contributed by atoms with van der Waals surface area (Å²) in [7, 11) is -2.95. The van der Waals surface area contributed by atoms with Gasteiger partial charge >= 0.3 is 0 Å². The SMILES string of the molecule is CC(C)NC(=O)CCCCS(=O)(=O)C(C)C. The second-order valence-electron chi connectivity index (χ2n) is 4.60. The van der Waals surface area contributed by atoms with Crippen molar-refractivity contribution in [2.75, 3.05) is 5.75 Å². The summed E-state index contributed by atoms with van der Waals surface area (Å²) in [6.07, 6.45) is 1.60. The Balaban J connectivity index is 3.73. The molecule has 0 spiro atoms. The van der Waals surface area contributed by atoms with Crippen LogP contribution in [0.5, 0.6) is 0 Å². The Bertz CT molecular complexity index is 307. The number of carbonyl (C=O) groups excluding carboxylic acids is 1. The van der Waals surface area contributed by atoms with Gasteiger partial charge in [0.05, 0.1) is 11.0 Å². The Hall–Kier alpha value is -0.580. The van der Waals surface area contributed by atoms with E-state index in [4.69, 9.17) is 0 Å². The molecule has 0 saturated carbocycles. The fourth-order valence-corrected chi connectivity index (χ4v) is 2.30. The van der Waals surface area contributed by atoms with Crippen molar-refractivity contribution in [3.63, 3.8) is 0 Å². The van der Waals surface area contributed by atoms with Gasteiger partial charge in [-0.15, -0.1) is 0 Å². The highest BCUT2D eigenvalue weighted by Crippen LogP contribution is 2.05. The monoisotopic (exact) mass is 249 g/mol. The number of hydrogen-bond acceptors (Lipinski definition) is 3. The topological polar surface area (TPSA) is 63.2 Å². The van der Waals surface area contributed by atoms with Crippen LogP contribution >= 0.6 is 0 Å². The first-order valence-corrected chi connectivity index (χ1v) is 7.48. The van der Waals surface area contributed by atoms with Crippen LogP contribution in [-0.2, 0) is 14.6 Å². The van der Waals surface area contributed by atoms with E-state index < -0.39 is 9.84 Å². The zero-order valence-corrected chi connectivity index (χ0v) is 11.4. The number of hydrogen-bond donors (Lipinski definition) is 1. The van der Waals surface area contributed by atoms with E-state index in [-0.39, 0.29) is 23.0 Å². The average molecular weight is 249 g/mol. The smallest absolute Gasteiger partial charge is 0.220 e. The minimum absolute atomic E-state index is 0.00283. The molecule has 0 fully saturated rings. The molecule has 96 valence electrons. The van der Waals surface area contributed by atoms with E-state index in [0.29, 0.717) is 19.3 Å². The van der Waals surface area contributed by atoms with E-state index in [9.17, 15) is 13.2 Å². The highest BCUT2D eigenvalue weighted by atomic mass is 32.2. The van der Waals surface area contributed by atoms with Crippen LogP contribution in [0.3, 0.4) is 0 Å². The number of sulfone groups is 1. The molecule has 0 bridgehead atoms. The predicted octanol–water partition coefficient (Wildman–Crippen LogP) is 1.50. The van der Waals surface area contributed by atoms with Gasteiger partial charge < -0.3 is 5.32 Å². The number of rotatable bonds is 7. The maximum atomic E-state index is 11.5. The van der Waals surface area contributed by atoms with Crippen LogP contribution < -0.4 is 5.32 Å². The molecule has 0 aliphatic heterocycles. The summed E-state index contributed by atoms with van der Waals surface area (Å²) in [5, 5.41) is 2.45. The second kappa shape index (κ2) is 6.89. The summed E-state index contributed by atoms with van der Waals surface area (Å²) in [4.78, 5) is 11.3. The highest BCUT2D eigenvalue weighted by Gasteiger charge is 2.15. The molecular weight excluding hydrogens is 226 g/mol. The number of nitrogens with one attached hydrogen (secondary N) is 1. The van der Waals surface area contributed by atoms with Gasteiger partial charge in [0.25, 0.3) is 0 Å². The summed E-state index contributed by atoms with van der Waals surface area (Å²) in [6.45, 7) is 7.17. The van der Waals surface area contributed by atoms with Crippen molar-refractivity contribution in [1.82, 2.24) is 5.32 Å². The van der Waals surface area contributed by atoms with Crippen molar-refractivity contribution in [2.45, 2.75) is 58.2 Å². The first-order valence-electron chi connectivity index (χ1n) is 5.76. The zero-order valence-electron chi connectivity index (χ0n) is 10.6. The quantitative estimate of drug-likeness (QED) is 0.696. The highest BCUT2D eigenvalue weighted by molar-refractivity contribution is 7.91. The van der Waals surface area contributed by atoms with E-state index in [0.717, 1.165) is 0 Å². The van der Waals surface area contributed by atoms with Gasteiger partial charge in [-0.3, -0.25) is 4.79 Å². The summed E-state index contributed by atoms with van der Waals surface area (Å²) < 4.78 is 22.9. The third kappa shape index (κ3) is 6.82. The van der Waals surface area contributed by atoms with Crippen molar-refractivity contribution in [3.05, 3.63) is 0 Å². The van der Waals surface area contributed by atoms with E-state index in [1.165, 1.54) is 0 Å². The summed E-state index contributed by atoms with van der Waals surface area (Å²) in [5.74, 6) is 0.177. The lowest BCUT2D eigenvalue weighted by molar-refractivity contribution is -0.121. The summed E-state index contributed by atoms with van der Waals surface area (Å²) in [6, 6.07) is 0.145. The fraction of sp³-hybridized carbons (Fsp3) is 0.909. The lowest BCUT2D eigenvalue weighted by Crippen LogP contribution is -2.29. The molecule has 16 heavy (non-hydrogen) atoms. The molecular formula is C11H23NO3S. The van der Waals surface area contributed by atoms with Gasteiger partial charge in [-0.1, -0.05) is 0 Å². The molecule has 0 heterocycles. The third-order valence-corrected chi connectivity index (χ3v) is 4.54. The lowest BCUT2D eigenvalue weighted by atomic mass is 10.2. The average Bonchev–Trinajstić information content (AvgIpc) is 2.11. The van der Waals surface area contributed by atoms with Gasteiger partial charge in [0.1, 0.15) is 0 Å². The van der Waals surface area contributed by atoms with Gasteiger partial charge in [0, 0.05) is 12.5 Å². The molecule has 1 amide bonds. The Morgan fingerprint density at radius 3 is 2.12 bits per heavy atom. The number of carbonyl (C=O) groups is 1. The molecule has 0 aliphatic rings. The maximum Gasteiger partial charge on any atom is 0.220 e. The molecule has 0 aromatic rings. The van der Waals surface area contributed by atoms with E-state index in [1.807, 2.05) is 13.8 Å². The predicted molar refractivity (Wildman–Crippen MR) is 66.1 cm³/mol. The van der Waals surface area contributed by atoms with Gasteiger partial charge in [-0.25, -0.2) is 8.42 Å². The first kappa shape index (κ1) is 15.4. The number of amides is 1. The van der Waals surface area contributed by atoms with Gasteiger partial charge in [0.2, 0.25) is 5.91 Å². The molecule has 0 rings (SSSR count). The summed E-state index contributed by atoms with van der Waals surface area (Å²) >= 11 is 0. The van der Waals surface area contributed by atoms with Crippen molar-refractivity contribution in [2.24, 2.45) is 0 Å². The summed E-state index contributed by atoms with van der Waals surface area (Å²) in [5.41, 5.74) is 0. The standard InChI is InChI=1S/C11H23NO3S/c1-9(2)12-11(13)7-5-6-8-16(14,15)10(3)4/h9-10H,5-8H2,1-4H3,(H,12,13). The van der Waals surface area contributed by atoms with Crippen LogP contribution in [0.1, 0.15) is 47.0 Å². The largest absolute Gasteiger partial charge is 0.354 e. The number of unbranched alkanes of at least 4 members (excludes halogenated alkanes) is 1. The van der Waals surface area contributed by atoms with Crippen LogP contribution in [0.25, 0.3) is 0 Å². The molecule has 0 aromatic heterocycles. The van der Waals surface area contributed by atoms with Crippen LogP contribution in [0, 0.1) is 0 Å². The third-order valence-electron chi connectivity index (χ3n) is 2.25. The minimum atomic E-state index is -2.95. The molecule has 0 aliphatic carbocycles. The molecule has 0 atom stereocenters. The van der Waals surface area contributed by atoms with E-state index in [2.05, 4.69) is 5.32 Å². The zero-order chi connectivity index (χ0) is 12.8. The van der Waals surface area contributed by atoms with Crippen LogP contribution in [0.4, 0.5) is 0 Å². The molecule has 0 aromatic carbocycles. The maximum absolute atomic E-state index is 11.5. The fourth-order valence-electron chi connectivity index (χ4n) is 1.22. The Labute approximate surface area is 98.7 Å². The van der Waals surface area contributed by atoms with Crippen LogP contribution in [-0.4, -0.2) is 31.4 Å². The molecule has 0 saturated heterocycles. The Kier molecular flexibility index (Phi) is 6.64. The Morgan fingerprint density at radius 1 is 1.12 bits per heavy atom. The first-order chi connectivity index (χ1) is 7.25. The van der Waals surface area contributed by atoms with Crippen LogP contribution in [0.2, 0.25) is 0 Å². The van der Waals surface area contributed by atoms with Gasteiger partial charge in [-0.2, -0.15) is 0 Å². The molecule has 4 nitrogen and oxygen atoms in total. The molecule has 0 radical (unpaired) electrons. The van der Waals surface area contributed by atoms with Gasteiger partial charge in [-0.05, 0) is 40.5 Å². The van der Waals surface area contributed by atoms with Gasteiger partial charge in [0.15, 0.2) is 9.84 Å². The van der Waals surface area contributed by atoms with E-state index >= 15 is 0 Å². The van der Waals surface area contributed by atoms with Crippen molar-refractivity contribution in [1.29, 1.82) is 0 Å². The lowest BCUT2D eigenvalue weighted by Gasteiger charge is -2.09. The van der Waals surface area contributed by atoms with E-state index in [1.54, 1.807) is 13.8 Å². The van der Waals surface area contributed by atoms with Crippen molar-refractivity contribution < 1.29 is 13.2 Å². The minimum Gasteiger partial charge on any atom is -0.354 e.